The van der Waals surface area contributed by atoms with Crippen LogP contribution in [0.5, 0.6) is 0 Å². The van der Waals surface area contributed by atoms with Gasteiger partial charge in [0.1, 0.15) is 0 Å². The zero-order chi connectivity index (χ0) is 7.02. The van der Waals surface area contributed by atoms with Gasteiger partial charge in [0.15, 0.2) is 0 Å². The number of hydrogen-bond acceptors (Lipinski definition) is 2. The molecule has 1 rings (SSSR count). The second-order valence-corrected chi connectivity index (χ2v) is 2.53. The summed E-state index contributed by atoms with van der Waals surface area (Å²) in [7, 11) is 1.94. The standard InChI is InChI=1S/C6H12N2O/c1-4-6(9)7-5(2)8(4)3/h4-5H,1-3H3,(H,7,9)/t4-,5+/m1/s1. The second-order valence-electron chi connectivity index (χ2n) is 2.53. The first-order valence-electron chi connectivity index (χ1n) is 3.15. The lowest BCUT2D eigenvalue weighted by Crippen LogP contribution is -2.31. The van der Waals surface area contributed by atoms with Crippen LogP contribution in [0.3, 0.4) is 0 Å². The SMILES string of the molecule is C[C@@H]1C(=O)N[C@H](C)N1C. The Bertz CT molecular complexity index is 135. The van der Waals surface area contributed by atoms with Crippen LogP contribution in [0.1, 0.15) is 13.8 Å². The van der Waals surface area contributed by atoms with Gasteiger partial charge in [-0.1, -0.05) is 0 Å². The summed E-state index contributed by atoms with van der Waals surface area (Å²) < 4.78 is 0. The summed E-state index contributed by atoms with van der Waals surface area (Å²) in [6.07, 6.45) is 0.201. The van der Waals surface area contributed by atoms with Crippen LogP contribution in [-0.2, 0) is 4.79 Å². The highest BCUT2D eigenvalue weighted by Gasteiger charge is 2.30. The Labute approximate surface area is 55.0 Å². The predicted molar refractivity (Wildman–Crippen MR) is 34.8 cm³/mol. The molecule has 1 heterocycles. The third kappa shape index (κ3) is 0.920. The smallest absolute Gasteiger partial charge is 0.238 e. The largest absolute Gasteiger partial charge is 0.339 e. The molecule has 1 aliphatic heterocycles. The van der Waals surface area contributed by atoms with Gasteiger partial charge in [-0.05, 0) is 20.9 Å². The van der Waals surface area contributed by atoms with Crippen LogP contribution in [0.4, 0.5) is 0 Å². The van der Waals surface area contributed by atoms with Crippen molar-refractivity contribution in [2.45, 2.75) is 26.1 Å². The summed E-state index contributed by atoms with van der Waals surface area (Å²) in [6, 6.07) is 0.0417. The van der Waals surface area contributed by atoms with Crippen LogP contribution >= 0.6 is 0 Å². The summed E-state index contributed by atoms with van der Waals surface area (Å²) in [5.74, 6) is 0.130. The van der Waals surface area contributed by atoms with Crippen LogP contribution < -0.4 is 5.32 Å². The van der Waals surface area contributed by atoms with Crippen molar-refractivity contribution in [3.05, 3.63) is 0 Å². The molecule has 0 radical (unpaired) electrons. The van der Waals surface area contributed by atoms with Crippen molar-refractivity contribution in [2.24, 2.45) is 0 Å². The minimum atomic E-state index is 0.0417. The molecule has 0 bridgehead atoms. The second kappa shape index (κ2) is 1.99. The number of nitrogens with zero attached hydrogens (tertiary/aromatic N) is 1. The quantitative estimate of drug-likeness (QED) is 0.489. The van der Waals surface area contributed by atoms with Gasteiger partial charge in [-0.25, -0.2) is 0 Å². The van der Waals surface area contributed by atoms with E-state index in [9.17, 15) is 4.79 Å². The Morgan fingerprint density at radius 1 is 1.56 bits per heavy atom. The van der Waals surface area contributed by atoms with Crippen molar-refractivity contribution in [3.8, 4) is 0 Å². The Balaban J connectivity index is 2.65. The van der Waals surface area contributed by atoms with Gasteiger partial charge in [0.25, 0.3) is 0 Å². The summed E-state index contributed by atoms with van der Waals surface area (Å²) in [5, 5.41) is 2.80. The molecule has 1 amide bonds. The predicted octanol–water partition coefficient (Wildman–Crippen LogP) is -0.218. The summed E-state index contributed by atoms with van der Waals surface area (Å²) in [5.41, 5.74) is 0. The van der Waals surface area contributed by atoms with E-state index in [4.69, 9.17) is 0 Å². The van der Waals surface area contributed by atoms with E-state index in [-0.39, 0.29) is 18.1 Å². The molecule has 0 aromatic heterocycles. The van der Waals surface area contributed by atoms with E-state index >= 15 is 0 Å². The monoisotopic (exact) mass is 128 g/mol. The number of likely N-dealkylation sites (N-methyl/N-ethyl adjacent to an activating group) is 1. The Hall–Kier alpha value is -0.570. The highest BCUT2D eigenvalue weighted by Crippen LogP contribution is 2.07. The van der Waals surface area contributed by atoms with Gasteiger partial charge in [-0.3, -0.25) is 9.69 Å². The Kier molecular flexibility index (Phi) is 1.45. The Morgan fingerprint density at radius 2 is 2.11 bits per heavy atom. The number of carbonyl (C=O) groups is 1. The van der Waals surface area contributed by atoms with E-state index in [1.165, 1.54) is 0 Å². The molecule has 1 saturated heterocycles. The van der Waals surface area contributed by atoms with Gasteiger partial charge in [-0.15, -0.1) is 0 Å². The topological polar surface area (TPSA) is 32.3 Å². The molecule has 1 fully saturated rings. The molecule has 0 aromatic rings. The maximum Gasteiger partial charge on any atom is 0.238 e. The van der Waals surface area contributed by atoms with Gasteiger partial charge in [-0.2, -0.15) is 0 Å². The van der Waals surface area contributed by atoms with Crippen molar-refractivity contribution < 1.29 is 4.79 Å². The van der Waals surface area contributed by atoms with Gasteiger partial charge >= 0.3 is 0 Å². The molecular weight excluding hydrogens is 116 g/mol. The minimum Gasteiger partial charge on any atom is -0.339 e. The van der Waals surface area contributed by atoms with E-state index in [1.807, 2.05) is 25.8 Å². The fourth-order valence-corrected chi connectivity index (χ4v) is 0.949. The first kappa shape index (κ1) is 6.55. The highest BCUT2D eigenvalue weighted by atomic mass is 16.2. The Morgan fingerprint density at radius 3 is 2.22 bits per heavy atom. The highest BCUT2D eigenvalue weighted by molar-refractivity contribution is 5.83. The van der Waals surface area contributed by atoms with Crippen LogP contribution in [-0.4, -0.2) is 30.1 Å². The average Bonchev–Trinajstić information content (AvgIpc) is 1.98. The third-order valence-corrected chi connectivity index (χ3v) is 1.95. The minimum absolute atomic E-state index is 0.0417. The summed E-state index contributed by atoms with van der Waals surface area (Å²) in [6.45, 7) is 3.88. The van der Waals surface area contributed by atoms with Crippen LogP contribution in [0, 0.1) is 0 Å². The molecule has 0 aliphatic carbocycles. The first-order chi connectivity index (χ1) is 4.13. The third-order valence-electron chi connectivity index (χ3n) is 1.95. The van der Waals surface area contributed by atoms with E-state index < -0.39 is 0 Å². The number of hydrogen-bond donors (Lipinski definition) is 1. The van der Waals surface area contributed by atoms with E-state index in [2.05, 4.69) is 5.32 Å². The van der Waals surface area contributed by atoms with Crippen LogP contribution in [0.25, 0.3) is 0 Å². The molecule has 1 N–H and O–H groups in total. The molecule has 2 atom stereocenters. The fourth-order valence-electron chi connectivity index (χ4n) is 0.949. The molecule has 0 aromatic carbocycles. The van der Waals surface area contributed by atoms with E-state index in [1.54, 1.807) is 0 Å². The van der Waals surface area contributed by atoms with Crippen molar-refractivity contribution in [3.63, 3.8) is 0 Å². The lowest BCUT2D eigenvalue weighted by atomic mass is 10.3. The summed E-state index contributed by atoms with van der Waals surface area (Å²) >= 11 is 0. The molecular formula is C6H12N2O. The van der Waals surface area contributed by atoms with Crippen molar-refractivity contribution >= 4 is 5.91 Å². The number of rotatable bonds is 0. The van der Waals surface area contributed by atoms with Gasteiger partial charge < -0.3 is 5.32 Å². The number of nitrogens with one attached hydrogen (secondary N) is 1. The van der Waals surface area contributed by atoms with Crippen LogP contribution in [0.15, 0.2) is 0 Å². The van der Waals surface area contributed by atoms with Gasteiger partial charge in [0, 0.05) is 0 Å². The molecule has 3 heteroatoms. The van der Waals surface area contributed by atoms with E-state index in [0.29, 0.717) is 0 Å². The molecule has 3 nitrogen and oxygen atoms in total. The van der Waals surface area contributed by atoms with Gasteiger partial charge in [0.2, 0.25) is 5.91 Å². The molecule has 0 unspecified atom stereocenters. The van der Waals surface area contributed by atoms with E-state index in [0.717, 1.165) is 0 Å². The van der Waals surface area contributed by atoms with Crippen molar-refractivity contribution in [1.82, 2.24) is 10.2 Å². The van der Waals surface area contributed by atoms with Gasteiger partial charge in [0.05, 0.1) is 12.2 Å². The van der Waals surface area contributed by atoms with Crippen molar-refractivity contribution in [2.75, 3.05) is 7.05 Å². The average molecular weight is 128 g/mol. The zero-order valence-corrected chi connectivity index (χ0v) is 6.01. The molecule has 52 valence electrons. The van der Waals surface area contributed by atoms with Crippen LogP contribution in [0.2, 0.25) is 0 Å². The van der Waals surface area contributed by atoms with Crippen molar-refractivity contribution in [1.29, 1.82) is 0 Å². The normalized spacial score (nSPS) is 37.0. The molecule has 1 aliphatic rings. The maximum atomic E-state index is 10.8. The maximum absolute atomic E-state index is 10.8. The lowest BCUT2D eigenvalue weighted by Gasteiger charge is -2.15. The summed E-state index contributed by atoms with van der Waals surface area (Å²) in [4.78, 5) is 12.8. The number of carbonyl (C=O) groups excluding carboxylic acids is 1. The lowest BCUT2D eigenvalue weighted by molar-refractivity contribution is -0.120. The zero-order valence-electron chi connectivity index (χ0n) is 6.01. The first-order valence-corrected chi connectivity index (χ1v) is 3.15. The molecule has 0 spiro atoms. The molecule has 0 saturated carbocycles. The number of amides is 1. The molecule has 9 heavy (non-hydrogen) atoms. The fraction of sp³-hybridized carbons (Fsp3) is 0.833.